The molecule has 5 nitrogen and oxygen atoms in total. The van der Waals surface area contributed by atoms with E-state index in [9.17, 15) is 14.4 Å². The highest BCUT2D eigenvalue weighted by Crippen LogP contribution is 2.60. The van der Waals surface area contributed by atoms with Gasteiger partial charge >= 0.3 is 0 Å². The Morgan fingerprint density at radius 2 is 0.679 bits per heavy atom. The van der Waals surface area contributed by atoms with E-state index in [4.69, 9.17) is 0 Å². The Morgan fingerprint density at radius 3 is 1.19 bits per heavy atom. The van der Waals surface area contributed by atoms with Gasteiger partial charge in [-0.05, 0) is 145 Å². The van der Waals surface area contributed by atoms with E-state index in [0.29, 0.717) is 22.3 Å². The number of halogens is 1. The highest BCUT2D eigenvalue weighted by Gasteiger charge is 2.51. The Morgan fingerprint density at radius 1 is 0.308 bits per heavy atom. The van der Waals surface area contributed by atoms with Crippen molar-refractivity contribution >= 4 is 88.9 Å². The molecule has 78 heavy (non-hydrogen) atoms. The summed E-state index contributed by atoms with van der Waals surface area (Å²) in [7, 11) is 0. The van der Waals surface area contributed by atoms with Gasteiger partial charge in [0.05, 0.1) is 22.5 Å². The minimum Gasteiger partial charge on any atom is -0.310 e. The second-order valence-electron chi connectivity index (χ2n) is 19.5. The minimum absolute atomic E-state index is 0.0686. The number of hydrogen-bond acceptors (Lipinski definition) is 5. The number of rotatable bonds is 4. The monoisotopic (exact) mass is 1070 g/mol. The van der Waals surface area contributed by atoms with Crippen LogP contribution in [0.4, 0.5) is 34.1 Å². The van der Waals surface area contributed by atoms with Crippen LogP contribution >= 0.6 is 15.9 Å². The van der Waals surface area contributed by atoms with E-state index in [1.165, 1.54) is 11.1 Å². The molecular weight excluding hydrogens is 1020 g/mol. The Kier molecular flexibility index (Phi) is 12.3. The van der Waals surface area contributed by atoms with Gasteiger partial charge in [0.25, 0.3) is 0 Å². The quantitative estimate of drug-likeness (QED) is 0.176. The lowest BCUT2D eigenvalue weighted by atomic mass is 9.57. The molecule has 0 saturated heterocycles. The zero-order valence-corrected chi connectivity index (χ0v) is 43.7. The number of anilines is 6. The van der Waals surface area contributed by atoms with Crippen LogP contribution in [0.2, 0.25) is 0 Å². The summed E-state index contributed by atoms with van der Waals surface area (Å²) in [5.41, 5.74) is 14.2. The standard InChI is InChI=1S/C36H23NO.C18H14BrN.C18H10O2/c38-35-27-16-6-7-17-29(27)36(32-23-25-13-5-4-12-24(25)22-28(32)35)30-18-8-10-20-33(30)37(26-14-2-1-3-15-26)34-21-11-9-19-31(34)36;19-17-13-7-8-14-18(17)20(15-9-3-1-4-10-15)16-11-5-2-6-12-16;19-17-13-7-3-4-8-14(13)18(20)16-10-12-6-2-1-5-11(12)9-15(16)17/h1-23H;1-14H;1-10H. The van der Waals surface area contributed by atoms with Crippen LogP contribution in [0.25, 0.3) is 21.5 Å². The van der Waals surface area contributed by atoms with Gasteiger partial charge in [0.1, 0.15) is 0 Å². The van der Waals surface area contributed by atoms with Crippen LogP contribution in [0.1, 0.15) is 70.0 Å². The third kappa shape index (κ3) is 8.04. The molecular formula is C72H47BrN2O3. The fraction of sp³-hybridized carbons (Fsp3) is 0.0139. The van der Waals surface area contributed by atoms with Gasteiger partial charge in [-0.2, -0.15) is 0 Å². The summed E-state index contributed by atoms with van der Waals surface area (Å²) < 4.78 is 1.08. The van der Waals surface area contributed by atoms with Crippen LogP contribution < -0.4 is 9.80 Å². The van der Waals surface area contributed by atoms with Crippen LogP contribution in [-0.2, 0) is 5.41 Å². The smallest absolute Gasteiger partial charge is 0.194 e. The number of fused-ring (bicyclic) bond motifs is 12. The largest absolute Gasteiger partial charge is 0.310 e. The van der Waals surface area contributed by atoms with Crippen molar-refractivity contribution in [1.82, 2.24) is 0 Å². The first kappa shape index (κ1) is 47.9. The summed E-state index contributed by atoms with van der Waals surface area (Å²) in [6.07, 6.45) is 0. The highest BCUT2D eigenvalue weighted by atomic mass is 79.9. The summed E-state index contributed by atoms with van der Waals surface area (Å²) in [4.78, 5) is 43.8. The van der Waals surface area contributed by atoms with Crippen molar-refractivity contribution in [2.75, 3.05) is 9.80 Å². The van der Waals surface area contributed by atoms with Gasteiger partial charge in [-0.15, -0.1) is 0 Å². The van der Waals surface area contributed by atoms with Gasteiger partial charge < -0.3 is 9.80 Å². The zero-order valence-electron chi connectivity index (χ0n) is 42.1. The van der Waals surface area contributed by atoms with Gasteiger partial charge in [-0.25, -0.2) is 0 Å². The maximum Gasteiger partial charge on any atom is 0.194 e. The number of ketones is 3. The number of hydrogen-bond donors (Lipinski definition) is 0. The highest BCUT2D eigenvalue weighted by molar-refractivity contribution is 9.10. The van der Waals surface area contributed by atoms with Crippen molar-refractivity contribution in [2.24, 2.45) is 0 Å². The number of benzene rings is 12. The molecule has 0 amide bonds. The van der Waals surface area contributed by atoms with Crippen LogP contribution in [0.3, 0.4) is 0 Å². The normalized spacial score (nSPS) is 13.1. The van der Waals surface area contributed by atoms with E-state index in [0.717, 1.165) is 82.4 Å². The molecule has 0 bridgehead atoms. The van der Waals surface area contributed by atoms with E-state index < -0.39 is 5.41 Å². The SMILES string of the molecule is Brc1ccccc1N(c1ccccc1)c1ccccc1.O=C1c2ccccc2C(=O)c2cc3ccccc3cc21.O=C1c2ccccc2C2(c3cc4ccccc4cc31)c1ccccc1N(c1ccccc1)c1ccccc12. The molecule has 0 fully saturated rings. The lowest BCUT2D eigenvalue weighted by molar-refractivity contribution is 0.0979. The van der Waals surface area contributed by atoms with Crippen molar-refractivity contribution < 1.29 is 14.4 Å². The van der Waals surface area contributed by atoms with Gasteiger partial charge in [0, 0.05) is 54.9 Å². The Bertz CT molecular complexity index is 4150. The number of carbonyl (C=O) groups is 3. The molecule has 6 heteroatoms. The predicted octanol–water partition coefficient (Wildman–Crippen LogP) is 18.1. The van der Waals surface area contributed by atoms with Crippen LogP contribution in [0.15, 0.2) is 290 Å². The van der Waals surface area contributed by atoms with Gasteiger partial charge in [-0.1, -0.05) is 200 Å². The fourth-order valence-electron chi connectivity index (χ4n) is 11.7. The molecule has 0 atom stereocenters. The molecule has 0 N–H and O–H groups in total. The number of para-hydroxylation sites is 6. The molecule has 0 aromatic heterocycles. The third-order valence-corrected chi connectivity index (χ3v) is 15.8. The summed E-state index contributed by atoms with van der Waals surface area (Å²) >= 11 is 3.65. The molecule has 12 aromatic carbocycles. The third-order valence-electron chi connectivity index (χ3n) is 15.1. The number of carbonyl (C=O) groups excluding carboxylic acids is 3. The lowest BCUT2D eigenvalue weighted by Crippen LogP contribution is -2.42. The van der Waals surface area contributed by atoms with Crippen molar-refractivity contribution in [3.8, 4) is 0 Å². The lowest BCUT2D eigenvalue weighted by Gasteiger charge is -2.49. The Labute approximate surface area is 461 Å². The zero-order chi connectivity index (χ0) is 52.7. The summed E-state index contributed by atoms with van der Waals surface area (Å²) in [5.74, 6) is -0.0469. The molecule has 15 rings (SSSR count). The summed E-state index contributed by atoms with van der Waals surface area (Å²) in [5, 5.41) is 4.18. The van der Waals surface area contributed by atoms with Gasteiger partial charge in [0.15, 0.2) is 17.3 Å². The molecule has 2 aliphatic carbocycles. The molecule has 1 aliphatic heterocycles. The summed E-state index contributed by atoms with van der Waals surface area (Å²) in [6, 6.07) is 96.2. The maximum atomic E-state index is 14.1. The molecule has 0 saturated carbocycles. The van der Waals surface area contributed by atoms with Gasteiger partial charge in [-0.3, -0.25) is 14.4 Å². The molecule has 0 unspecified atom stereocenters. The predicted molar refractivity (Wildman–Crippen MR) is 320 cm³/mol. The average molecular weight is 1070 g/mol. The summed E-state index contributed by atoms with van der Waals surface area (Å²) in [6.45, 7) is 0. The first-order valence-corrected chi connectivity index (χ1v) is 26.8. The average Bonchev–Trinajstić information content (AvgIpc) is 3.21. The molecule has 1 spiro atoms. The molecule has 12 aromatic rings. The van der Waals surface area contributed by atoms with Crippen molar-refractivity contribution in [3.63, 3.8) is 0 Å². The number of nitrogens with zero attached hydrogens (tertiary/aromatic N) is 2. The minimum atomic E-state index is -0.637. The maximum absolute atomic E-state index is 14.1. The van der Waals surface area contributed by atoms with Crippen molar-refractivity contribution in [2.45, 2.75) is 5.41 Å². The molecule has 3 aliphatic rings. The van der Waals surface area contributed by atoms with E-state index in [1.807, 2.05) is 72.8 Å². The molecule has 370 valence electrons. The fourth-order valence-corrected chi connectivity index (χ4v) is 12.2. The van der Waals surface area contributed by atoms with E-state index in [2.05, 4.69) is 214 Å². The second-order valence-corrected chi connectivity index (χ2v) is 20.3. The van der Waals surface area contributed by atoms with E-state index in [1.54, 1.807) is 24.3 Å². The first-order valence-electron chi connectivity index (χ1n) is 26.0. The van der Waals surface area contributed by atoms with Crippen LogP contribution in [0, 0.1) is 0 Å². The Balaban J connectivity index is 0.000000122. The van der Waals surface area contributed by atoms with E-state index in [-0.39, 0.29) is 17.3 Å². The van der Waals surface area contributed by atoms with Crippen molar-refractivity contribution in [3.05, 3.63) is 345 Å². The topological polar surface area (TPSA) is 57.7 Å². The van der Waals surface area contributed by atoms with Crippen molar-refractivity contribution in [1.29, 1.82) is 0 Å². The Hall–Kier alpha value is -9.75. The molecule has 0 radical (unpaired) electrons. The molecule has 1 heterocycles. The van der Waals surface area contributed by atoms with Gasteiger partial charge in [0.2, 0.25) is 0 Å². The van der Waals surface area contributed by atoms with Crippen LogP contribution in [-0.4, -0.2) is 17.3 Å². The second kappa shape index (κ2) is 20.1. The van der Waals surface area contributed by atoms with E-state index >= 15 is 0 Å². The first-order chi connectivity index (χ1) is 38.4. The van der Waals surface area contributed by atoms with Crippen LogP contribution in [0.5, 0.6) is 0 Å².